The van der Waals surface area contributed by atoms with Crippen molar-refractivity contribution in [1.29, 1.82) is 0 Å². The van der Waals surface area contributed by atoms with E-state index in [9.17, 15) is 9.59 Å². The van der Waals surface area contributed by atoms with Gasteiger partial charge in [0.1, 0.15) is 0 Å². The van der Waals surface area contributed by atoms with Gasteiger partial charge >= 0.3 is 5.97 Å². The number of amides is 1. The fraction of sp³-hybridized carbons (Fsp3) is 0.708. The van der Waals surface area contributed by atoms with Crippen molar-refractivity contribution in [2.24, 2.45) is 11.3 Å². The van der Waals surface area contributed by atoms with Gasteiger partial charge in [0.15, 0.2) is 0 Å². The van der Waals surface area contributed by atoms with E-state index in [-0.39, 0.29) is 25.0 Å². The molecule has 31 heavy (non-hydrogen) atoms. The highest BCUT2D eigenvalue weighted by Crippen LogP contribution is 2.47. The molecule has 0 aromatic carbocycles. The minimum Gasteiger partial charge on any atom is -0.481 e. The zero-order chi connectivity index (χ0) is 21.7. The molecule has 0 bridgehead atoms. The molecule has 1 amide bonds. The third-order valence-corrected chi connectivity index (χ3v) is 7.67. The molecule has 4 rings (SSSR count). The SMILES string of the molecule is O=C(O)CCOC1CCN(C(=O)C2CCC3(CC2)CCN(c2ccncc2)CC3)CC1. The minimum absolute atomic E-state index is 0.0449. The van der Waals surface area contributed by atoms with E-state index in [1.165, 1.54) is 31.4 Å². The Bertz CT molecular complexity index is 730. The summed E-state index contributed by atoms with van der Waals surface area (Å²) < 4.78 is 5.66. The molecule has 0 atom stereocenters. The highest BCUT2D eigenvalue weighted by atomic mass is 16.5. The largest absolute Gasteiger partial charge is 0.481 e. The second-order valence-corrected chi connectivity index (χ2v) is 9.51. The number of hydrogen-bond acceptors (Lipinski definition) is 5. The van der Waals surface area contributed by atoms with E-state index in [1.807, 2.05) is 17.3 Å². The monoisotopic (exact) mass is 429 g/mol. The quantitative estimate of drug-likeness (QED) is 0.747. The average molecular weight is 430 g/mol. The average Bonchev–Trinajstić information content (AvgIpc) is 2.80. The number of anilines is 1. The van der Waals surface area contributed by atoms with E-state index in [2.05, 4.69) is 22.0 Å². The molecule has 7 nitrogen and oxygen atoms in total. The van der Waals surface area contributed by atoms with Crippen molar-refractivity contribution in [2.75, 3.05) is 37.7 Å². The number of hydrogen-bond donors (Lipinski definition) is 1. The number of aliphatic carboxylic acids is 1. The summed E-state index contributed by atoms with van der Waals surface area (Å²) in [6.45, 7) is 3.92. The van der Waals surface area contributed by atoms with Crippen LogP contribution in [0.3, 0.4) is 0 Å². The highest BCUT2D eigenvalue weighted by molar-refractivity contribution is 5.79. The Kier molecular flexibility index (Phi) is 7.10. The Hall–Kier alpha value is -2.15. The number of ether oxygens (including phenoxy) is 1. The Morgan fingerprint density at radius 2 is 1.65 bits per heavy atom. The van der Waals surface area contributed by atoms with E-state index >= 15 is 0 Å². The van der Waals surface area contributed by atoms with Gasteiger partial charge in [-0.25, -0.2) is 0 Å². The molecular weight excluding hydrogens is 394 g/mol. The van der Waals surface area contributed by atoms with Crippen molar-refractivity contribution in [2.45, 2.75) is 63.9 Å². The van der Waals surface area contributed by atoms with E-state index < -0.39 is 5.97 Å². The maximum Gasteiger partial charge on any atom is 0.305 e. The Balaban J connectivity index is 1.19. The number of piperidine rings is 2. The molecule has 1 N–H and O–H groups in total. The first kappa shape index (κ1) is 22.1. The number of carbonyl (C=O) groups excluding carboxylic acids is 1. The van der Waals surface area contributed by atoms with Gasteiger partial charge in [0.05, 0.1) is 19.1 Å². The van der Waals surface area contributed by atoms with Crippen molar-refractivity contribution in [1.82, 2.24) is 9.88 Å². The summed E-state index contributed by atoms with van der Waals surface area (Å²) in [6.07, 6.45) is 12.3. The molecule has 7 heteroatoms. The smallest absolute Gasteiger partial charge is 0.305 e. The molecule has 1 saturated carbocycles. The van der Waals surface area contributed by atoms with Gasteiger partial charge in [0.2, 0.25) is 5.91 Å². The van der Waals surface area contributed by atoms with Gasteiger partial charge in [-0.3, -0.25) is 14.6 Å². The van der Waals surface area contributed by atoms with Crippen LogP contribution in [-0.4, -0.2) is 65.8 Å². The standard InChI is InChI=1S/C24H35N3O4/c28-22(29)7-18-31-21-5-14-27(15-6-21)23(30)19-1-8-24(9-2-19)10-16-26(17-11-24)20-3-12-25-13-4-20/h3-4,12-13,19,21H,1-2,5-11,14-18H2,(H,28,29). The molecule has 3 fully saturated rings. The summed E-state index contributed by atoms with van der Waals surface area (Å²) in [5, 5.41) is 8.72. The first-order valence-corrected chi connectivity index (χ1v) is 11.8. The normalized spacial score (nSPS) is 22.6. The van der Waals surface area contributed by atoms with Gasteiger partial charge < -0.3 is 19.6 Å². The van der Waals surface area contributed by atoms with Crippen LogP contribution < -0.4 is 4.90 Å². The number of likely N-dealkylation sites (tertiary alicyclic amines) is 1. The van der Waals surface area contributed by atoms with Crippen LogP contribution in [0.25, 0.3) is 0 Å². The molecule has 3 heterocycles. The van der Waals surface area contributed by atoms with Crippen LogP contribution in [0.15, 0.2) is 24.5 Å². The molecule has 0 radical (unpaired) electrons. The van der Waals surface area contributed by atoms with Gasteiger partial charge in [0, 0.05) is 50.2 Å². The molecule has 3 aliphatic rings. The first-order chi connectivity index (χ1) is 15.0. The van der Waals surface area contributed by atoms with Gasteiger partial charge in [-0.15, -0.1) is 0 Å². The third-order valence-electron chi connectivity index (χ3n) is 7.67. The number of nitrogens with zero attached hydrogens (tertiary/aromatic N) is 3. The summed E-state index contributed by atoms with van der Waals surface area (Å²) >= 11 is 0. The molecule has 0 unspecified atom stereocenters. The number of carbonyl (C=O) groups is 2. The van der Waals surface area contributed by atoms with Gasteiger partial charge in [-0.2, -0.15) is 0 Å². The maximum absolute atomic E-state index is 13.1. The Morgan fingerprint density at radius 3 is 2.26 bits per heavy atom. The van der Waals surface area contributed by atoms with Crippen LogP contribution in [0.1, 0.15) is 57.8 Å². The Labute approximate surface area is 184 Å². The van der Waals surface area contributed by atoms with E-state index in [4.69, 9.17) is 9.84 Å². The van der Waals surface area contributed by atoms with Gasteiger partial charge in [-0.05, 0) is 68.9 Å². The van der Waals surface area contributed by atoms with Crippen molar-refractivity contribution in [3.8, 4) is 0 Å². The second kappa shape index (κ2) is 9.98. The summed E-state index contributed by atoms with van der Waals surface area (Å²) in [4.78, 5) is 32.3. The lowest BCUT2D eigenvalue weighted by atomic mass is 9.65. The second-order valence-electron chi connectivity index (χ2n) is 9.51. The lowest BCUT2D eigenvalue weighted by Crippen LogP contribution is -2.46. The van der Waals surface area contributed by atoms with Gasteiger partial charge in [0.25, 0.3) is 0 Å². The molecule has 170 valence electrons. The van der Waals surface area contributed by atoms with Crippen LogP contribution in [0.5, 0.6) is 0 Å². The van der Waals surface area contributed by atoms with E-state index in [0.717, 1.165) is 51.9 Å². The fourth-order valence-corrected chi connectivity index (χ4v) is 5.59. The van der Waals surface area contributed by atoms with Crippen LogP contribution in [0.4, 0.5) is 5.69 Å². The lowest BCUT2D eigenvalue weighted by molar-refractivity contribution is -0.140. The predicted octanol–water partition coefficient (Wildman–Crippen LogP) is 3.34. The van der Waals surface area contributed by atoms with Crippen molar-refractivity contribution >= 4 is 17.6 Å². The summed E-state index contributed by atoms with van der Waals surface area (Å²) in [5.41, 5.74) is 1.69. The Morgan fingerprint density at radius 1 is 1.00 bits per heavy atom. The minimum atomic E-state index is -0.828. The predicted molar refractivity (Wildman–Crippen MR) is 118 cm³/mol. The third kappa shape index (κ3) is 5.56. The fourth-order valence-electron chi connectivity index (χ4n) is 5.59. The highest BCUT2D eigenvalue weighted by Gasteiger charge is 2.40. The number of carboxylic acid groups (broad SMARTS) is 1. The topological polar surface area (TPSA) is 83.0 Å². The van der Waals surface area contributed by atoms with Crippen molar-refractivity contribution in [3.05, 3.63) is 24.5 Å². The molecule has 2 aliphatic heterocycles. The van der Waals surface area contributed by atoms with Crippen LogP contribution >= 0.6 is 0 Å². The van der Waals surface area contributed by atoms with Crippen LogP contribution in [0, 0.1) is 11.3 Å². The number of aromatic nitrogens is 1. The van der Waals surface area contributed by atoms with Gasteiger partial charge in [-0.1, -0.05) is 0 Å². The van der Waals surface area contributed by atoms with E-state index in [0.29, 0.717) is 11.3 Å². The summed E-state index contributed by atoms with van der Waals surface area (Å²) in [6, 6.07) is 4.18. The molecule has 1 aromatic heterocycles. The maximum atomic E-state index is 13.1. The zero-order valence-corrected chi connectivity index (χ0v) is 18.4. The molecule has 1 aliphatic carbocycles. The number of carboxylic acids is 1. The van der Waals surface area contributed by atoms with Crippen molar-refractivity contribution < 1.29 is 19.4 Å². The number of pyridine rings is 1. The molecule has 1 spiro atoms. The van der Waals surface area contributed by atoms with Crippen LogP contribution in [-0.2, 0) is 14.3 Å². The van der Waals surface area contributed by atoms with Crippen molar-refractivity contribution in [3.63, 3.8) is 0 Å². The first-order valence-electron chi connectivity index (χ1n) is 11.8. The number of rotatable bonds is 6. The van der Waals surface area contributed by atoms with E-state index in [1.54, 1.807) is 0 Å². The zero-order valence-electron chi connectivity index (χ0n) is 18.4. The summed E-state index contributed by atoms with van der Waals surface area (Å²) in [5.74, 6) is -0.327. The molecule has 1 aromatic rings. The molecular formula is C24H35N3O4. The summed E-state index contributed by atoms with van der Waals surface area (Å²) in [7, 11) is 0. The lowest BCUT2D eigenvalue weighted by Gasteiger charge is -2.47. The molecule has 2 saturated heterocycles. The van der Waals surface area contributed by atoms with Crippen LogP contribution in [0.2, 0.25) is 0 Å².